The molecule has 5 fully saturated rings. The van der Waals surface area contributed by atoms with Crippen molar-refractivity contribution >= 4 is 23.3 Å². The second kappa shape index (κ2) is 3.89. The average molecular weight is 337 g/mol. The van der Waals surface area contributed by atoms with Gasteiger partial charge in [0.15, 0.2) is 5.78 Å². The van der Waals surface area contributed by atoms with Crippen LogP contribution in [-0.2, 0) is 9.59 Å². The van der Waals surface area contributed by atoms with Gasteiger partial charge in [-0.25, -0.2) is 0 Å². The molecule has 1 saturated carbocycles. The number of benzene rings is 1. The van der Waals surface area contributed by atoms with Gasteiger partial charge in [-0.05, 0) is 43.7 Å². The number of nitrogens with zero attached hydrogens (tertiary/aromatic N) is 1. The van der Waals surface area contributed by atoms with Crippen LogP contribution < -0.4 is 10.6 Å². The van der Waals surface area contributed by atoms with Crippen LogP contribution >= 0.6 is 0 Å². The van der Waals surface area contributed by atoms with E-state index in [1.54, 1.807) is 0 Å². The van der Waals surface area contributed by atoms with Gasteiger partial charge >= 0.3 is 0 Å². The van der Waals surface area contributed by atoms with Crippen LogP contribution in [-0.4, -0.2) is 45.7 Å². The molecule has 6 heteroatoms. The minimum Gasteiger partial charge on any atom is -0.372 e. The molecule has 2 amide bonds. The van der Waals surface area contributed by atoms with Crippen LogP contribution in [0.25, 0.3) is 0 Å². The second-order valence-corrected chi connectivity index (χ2v) is 8.38. The van der Waals surface area contributed by atoms with Crippen molar-refractivity contribution < 1.29 is 14.4 Å². The maximum atomic E-state index is 13.3. The van der Waals surface area contributed by atoms with Gasteiger partial charge in [-0.2, -0.15) is 0 Å². The van der Waals surface area contributed by atoms with Gasteiger partial charge in [0.2, 0.25) is 11.8 Å². The lowest BCUT2D eigenvalue weighted by molar-refractivity contribution is -0.172. The summed E-state index contributed by atoms with van der Waals surface area (Å²) in [5, 5.41) is 6.50. The summed E-state index contributed by atoms with van der Waals surface area (Å²) >= 11 is 0. The first-order valence-electron chi connectivity index (χ1n) is 9.08. The lowest BCUT2D eigenvalue weighted by Crippen LogP contribution is -2.80. The fourth-order valence-electron chi connectivity index (χ4n) is 6.30. The first-order chi connectivity index (χ1) is 12.0. The van der Waals surface area contributed by atoms with Crippen molar-refractivity contribution in [1.82, 2.24) is 10.2 Å². The monoisotopic (exact) mass is 337 g/mol. The lowest BCUT2D eigenvalue weighted by Gasteiger charge is -2.57. The van der Waals surface area contributed by atoms with E-state index in [0.717, 1.165) is 18.5 Å². The molecular formula is C19H19N3O3. The molecule has 3 spiro atoms. The minimum absolute atomic E-state index is 0.0131. The molecule has 1 aromatic carbocycles. The molecule has 0 radical (unpaired) electrons. The molecule has 25 heavy (non-hydrogen) atoms. The predicted octanol–water partition coefficient (Wildman–Crippen LogP) is 1.08. The zero-order valence-electron chi connectivity index (χ0n) is 13.8. The van der Waals surface area contributed by atoms with Crippen molar-refractivity contribution in [2.45, 2.75) is 48.7 Å². The summed E-state index contributed by atoms with van der Waals surface area (Å²) in [7, 11) is 0. The van der Waals surface area contributed by atoms with Crippen LogP contribution in [0, 0.1) is 5.92 Å². The first-order valence-corrected chi connectivity index (χ1v) is 9.08. The highest BCUT2D eigenvalue weighted by Crippen LogP contribution is 2.59. The Morgan fingerprint density at radius 2 is 1.92 bits per heavy atom. The number of nitrogens with one attached hydrogen (secondary N) is 2. The number of anilines is 1. The normalized spacial score (nSPS) is 43.1. The molecular weight excluding hydrogens is 318 g/mol. The van der Waals surface area contributed by atoms with Crippen LogP contribution in [0.15, 0.2) is 24.3 Å². The van der Waals surface area contributed by atoms with Crippen LogP contribution in [0.2, 0.25) is 0 Å². The summed E-state index contributed by atoms with van der Waals surface area (Å²) in [5.74, 6) is 0.108. The molecule has 4 atom stereocenters. The molecule has 5 heterocycles. The maximum Gasteiger partial charge on any atom is 0.249 e. The number of ketones is 1. The van der Waals surface area contributed by atoms with Gasteiger partial charge in [-0.3, -0.25) is 14.4 Å². The quantitative estimate of drug-likeness (QED) is 0.742. The van der Waals surface area contributed by atoms with Gasteiger partial charge in [-0.1, -0.05) is 12.1 Å². The van der Waals surface area contributed by atoms with Crippen LogP contribution in [0.3, 0.4) is 0 Å². The average Bonchev–Trinajstić information content (AvgIpc) is 3.23. The highest BCUT2D eigenvalue weighted by Gasteiger charge is 2.74. The molecule has 0 aromatic heterocycles. The summed E-state index contributed by atoms with van der Waals surface area (Å²) in [6.45, 7) is 0.662. The van der Waals surface area contributed by atoms with Gasteiger partial charge in [-0.15, -0.1) is 0 Å². The van der Waals surface area contributed by atoms with E-state index in [1.807, 2.05) is 29.2 Å². The van der Waals surface area contributed by atoms with Gasteiger partial charge in [0.05, 0.1) is 0 Å². The Labute approximate surface area is 144 Å². The number of carbonyl (C=O) groups excluding carboxylic acids is 3. The van der Waals surface area contributed by atoms with E-state index in [1.165, 1.54) is 0 Å². The maximum absolute atomic E-state index is 13.3. The topological polar surface area (TPSA) is 78.5 Å². The Morgan fingerprint density at radius 1 is 1.08 bits per heavy atom. The number of hydrogen-bond donors (Lipinski definition) is 2. The third-order valence-electron chi connectivity index (χ3n) is 7.31. The van der Waals surface area contributed by atoms with Gasteiger partial charge < -0.3 is 15.5 Å². The highest BCUT2D eigenvalue weighted by atomic mass is 16.2. The van der Waals surface area contributed by atoms with Crippen molar-refractivity contribution in [3.05, 3.63) is 29.8 Å². The number of hydrogen-bond acceptors (Lipinski definition) is 4. The van der Waals surface area contributed by atoms with Crippen LogP contribution in [0.5, 0.6) is 0 Å². The smallest absolute Gasteiger partial charge is 0.249 e. The van der Waals surface area contributed by atoms with Crippen molar-refractivity contribution in [2.75, 3.05) is 11.9 Å². The van der Waals surface area contributed by atoms with Gasteiger partial charge in [0.25, 0.3) is 0 Å². The molecule has 128 valence electrons. The summed E-state index contributed by atoms with van der Waals surface area (Å²) < 4.78 is 0. The van der Waals surface area contributed by atoms with E-state index >= 15 is 0 Å². The third kappa shape index (κ3) is 1.31. The molecule has 6 nitrogen and oxygen atoms in total. The number of Topliss-reactive ketones (excluding diaryl/α,β-unsaturated/α-hetero) is 1. The van der Waals surface area contributed by atoms with Crippen molar-refractivity contribution in [3.63, 3.8) is 0 Å². The number of carbonyl (C=O) groups is 3. The first kappa shape index (κ1) is 13.9. The summed E-state index contributed by atoms with van der Waals surface area (Å²) in [4.78, 5) is 41.1. The van der Waals surface area contributed by atoms with E-state index in [2.05, 4.69) is 10.6 Å². The SMILES string of the molecule is O=C1N2CCCC23CC2C[C@@]4(CC12NC3=O)Nc1ccccc1C4=O. The molecule has 1 aromatic rings. The molecule has 6 aliphatic rings. The van der Waals surface area contributed by atoms with Crippen molar-refractivity contribution in [3.8, 4) is 0 Å². The van der Waals surface area contributed by atoms with E-state index in [0.29, 0.717) is 31.4 Å². The molecule has 3 unspecified atom stereocenters. The Bertz CT molecular complexity index is 882. The molecule has 1 aliphatic carbocycles. The van der Waals surface area contributed by atoms with Gasteiger partial charge in [0, 0.05) is 24.2 Å². The fraction of sp³-hybridized carbons (Fsp3) is 0.526. The molecule has 2 bridgehead atoms. The zero-order valence-corrected chi connectivity index (χ0v) is 13.8. The number of amides is 2. The lowest BCUT2D eigenvalue weighted by atomic mass is 9.67. The zero-order chi connectivity index (χ0) is 17.0. The third-order valence-corrected chi connectivity index (χ3v) is 7.31. The molecule has 2 N–H and O–H groups in total. The Morgan fingerprint density at radius 3 is 2.76 bits per heavy atom. The Hall–Kier alpha value is -2.37. The largest absolute Gasteiger partial charge is 0.372 e. The summed E-state index contributed by atoms with van der Waals surface area (Å²) in [5.41, 5.74) is -0.793. The molecule has 7 rings (SSSR count). The van der Waals surface area contributed by atoms with Crippen LogP contribution in [0.1, 0.15) is 42.5 Å². The minimum atomic E-state index is -0.909. The highest BCUT2D eigenvalue weighted by molar-refractivity contribution is 6.15. The Balaban J connectivity index is 1.47. The standard InChI is InChI=1S/C19H19N3O3/c23-14-12-4-1-2-5-13(12)20-17(14)8-11-9-18-6-3-7-22(18)16(25)19(11,10-17)21-15(18)24/h1-2,4-5,11,20H,3,6-10H2,(H,21,24)/t11?,17-,18?,19?/m0/s1. The molecule has 5 aliphatic heterocycles. The second-order valence-electron chi connectivity index (χ2n) is 8.38. The number of piperidine rings is 2. The number of rotatable bonds is 0. The van der Waals surface area contributed by atoms with E-state index < -0.39 is 16.6 Å². The predicted molar refractivity (Wildman–Crippen MR) is 89.0 cm³/mol. The van der Waals surface area contributed by atoms with E-state index in [4.69, 9.17) is 0 Å². The summed E-state index contributed by atoms with van der Waals surface area (Å²) in [6.07, 6.45) is 3.29. The molecule has 4 saturated heterocycles. The van der Waals surface area contributed by atoms with E-state index in [9.17, 15) is 14.4 Å². The van der Waals surface area contributed by atoms with Crippen molar-refractivity contribution in [1.29, 1.82) is 0 Å². The number of para-hydroxylation sites is 1. The van der Waals surface area contributed by atoms with Crippen LogP contribution in [0.4, 0.5) is 5.69 Å². The Kier molecular flexibility index (Phi) is 2.16. The fourth-order valence-corrected chi connectivity index (χ4v) is 6.30. The summed E-state index contributed by atoms with van der Waals surface area (Å²) in [6, 6.07) is 7.53. The van der Waals surface area contributed by atoms with E-state index in [-0.39, 0.29) is 23.5 Å². The number of piperazine rings is 1. The van der Waals surface area contributed by atoms with Crippen molar-refractivity contribution in [2.24, 2.45) is 5.92 Å². The number of fused-ring (bicyclic) bond motifs is 2. The van der Waals surface area contributed by atoms with Gasteiger partial charge in [0.1, 0.15) is 16.6 Å².